The van der Waals surface area contributed by atoms with Gasteiger partial charge in [0.15, 0.2) is 0 Å². The van der Waals surface area contributed by atoms with Gasteiger partial charge in [-0.25, -0.2) is 4.98 Å². The first-order valence-electron chi connectivity index (χ1n) is 9.60. The summed E-state index contributed by atoms with van der Waals surface area (Å²) in [5, 5.41) is 3.64. The summed E-state index contributed by atoms with van der Waals surface area (Å²) in [6.45, 7) is 6.88. The predicted molar refractivity (Wildman–Crippen MR) is 111 cm³/mol. The van der Waals surface area contributed by atoms with Gasteiger partial charge in [-0.05, 0) is 54.8 Å². The van der Waals surface area contributed by atoms with Crippen LogP contribution >= 0.6 is 0 Å². The fourth-order valence-electron chi connectivity index (χ4n) is 3.90. The minimum atomic E-state index is -0.101. The normalized spacial score (nSPS) is 16.8. The van der Waals surface area contributed by atoms with E-state index in [0.717, 1.165) is 25.5 Å². The Bertz CT molecular complexity index is 967. The van der Waals surface area contributed by atoms with Crippen LogP contribution in [0.2, 0.25) is 0 Å². The van der Waals surface area contributed by atoms with E-state index in [1.807, 2.05) is 12.1 Å². The van der Waals surface area contributed by atoms with E-state index in [-0.39, 0.29) is 11.8 Å². The van der Waals surface area contributed by atoms with Gasteiger partial charge in [0, 0.05) is 37.6 Å². The maximum Gasteiger partial charge on any atom is 0.212 e. The minimum Gasteiger partial charge on any atom is -0.353 e. The van der Waals surface area contributed by atoms with Gasteiger partial charge in [-0.15, -0.1) is 0 Å². The Morgan fingerprint density at radius 2 is 1.86 bits per heavy atom. The molecule has 0 saturated carbocycles. The number of carbonyl (C=O) groups is 1. The van der Waals surface area contributed by atoms with Crippen molar-refractivity contribution in [2.45, 2.75) is 19.9 Å². The number of benzene rings is 1. The largest absolute Gasteiger partial charge is 0.353 e. The Morgan fingerprint density at radius 1 is 1.07 bits per heavy atom. The van der Waals surface area contributed by atoms with Crippen molar-refractivity contribution < 1.29 is 4.79 Å². The molecular formula is C23H24N4O. The highest BCUT2D eigenvalue weighted by atomic mass is 16.1. The van der Waals surface area contributed by atoms with Gasteiger partial charge in [-0.2, -0.15) is 0 Å². The van der Waals surface area contributed by atoms with Crippen LogP contribution in [0.4, 0.5) is 5.82 Å². The number of piperazine rings is 1. The zero-order valence-corrected chi connectivity index (χ0v) is 16.2. The smallest absolute Gasteiger partial charge is 0.212 e. The Labute approximate surface area is 165 Å². The molecule has 0 spiro atoms. The molecule has 1 unspecified atom stereocenters. The van der Waals surface area contributed by atoms with Crippen LogP contribution in [0, 0.1) is 13.8 Å². The lowest BCUT2D eigenvalue weighted by molar-refractivity contribution is 0.103. The van der Waals surface area contributed by atoms with Crippen molar-refractivity contribution in [3.8, 4) is 0 Å². The second kappa shape index (κ2) is 7.90. The lowest BCUT2D eigenvalue weighted by atomic mass is 9.94. The highest BCUT2D eigenvalue weighted by Crippen LogP contribution is 2.26. The number of aromatic nitrogens is 2. The van der Waals surface area contributed by atoms with Crippen LogP contribution < -0.4 is 10.2 Å². The second-order valence-electron chi connectivity index (χ2n) is 7.21. The van der Waals surface area contributed by atoms with E-state index in [4.69, 9.17) is 0 Å². The number of ketones is 1. The van der Waals surface area contributed by atoms with Crippen molar-refractivity contribution in [2.75, 3.05) is 24.5 Å². The van der Waals surface area contributed by atoms with E-state index in [1.165, 1.54) is 16.7 Å². The molecule has 142 valence electrons. The molecule has 2 aromatic heterocycles. The Hall–Kier alpha value is -3.05. The summed E-state index contributed by atoms with van der Waals surface area (Å²) in [5.41, 5.74) is 4.96. The maximum absolute atomic E-state index is 12.7. The van der Waals surface area contributed by atoms with Crippen molar-refractivity contribution in [3.63, 3.8) is 0 Å². The fourth-order valence-corrected chi connectivity index (χ4v) is 3.90. The molecular weight excluding hydrogens is 348 g/mol. The minimum absolute atomic E-state index is 0.101. The van der Waals surface area contributed by atoms with Crippen LogP contribution in [0.1, 0.15) is 38.8 Å². The molecule has 1 aliphatic heterocycles. The van der Waals surface area contributed by atoms with E-state index < -0.39 is 0 Å². The van der Waals surface area contributed by atoms with E-state index >= 15 is 0 Å². The molecule has 0 radical (unpaired) electrons. The fraction of sp³-hybridized carbons (Fsp3) is 0.261. The number of pyridine rings is 2. The average molecular weight is 372 g/mol. The monoisotopic (exact) mass is 372 g/mol. The van der Waals surface area contributed by atoms with Crippen LogP contribution in [0.15, 0.2) is 60.9 Å². The average Bonchev–Trinajstić information content (AvgIpc) is 2.74. The molecule has 4 rings (SSSR count). The molecule has 0 amide bonds. The number of hydrogen-bond acceptors (Lipinski definition) is 5. The van der Waals surface area contributed by atoms with Crippen molar-refractivity contribution in [1.82, 2.24) is 15.3 Å². The van der Waals surface area contributed by atoms with Crippen molar-refractivity contribution in [2.24, 2.45) is 0 Å². The Kier molecular flexibility index (Phi) is 5.17. The van der Waals surface area contributed by atoms with Gasteiger partial charge < -0.3 is 10.2 Å². The molecule has 1 saturated heterocycles. The van der Waals surface area contributed by atoms with Crippen molar-refractivity contribution in [1.29, 1.82) is 0 Å². The first-order valence-corrected chi connectivity index (χ1v) is 9.60. The van der Waals surface area contributed by atoms with Gasteiger partial charge in [0.1, 0.15) is 11.5 Å². The lowest BCUT2D eigenvalue weighted by Gasteiger charge is -2.36. The number of nitrogens with zero attached hydrogens (tertiary/aromatic N) is 3. The number of aryl methyl sites for hydroxylation is 2. The molecule has 3 aromatic rings. The number of hydrogen-bond donors (Lipinski definition) is 1. The predicted octanol–water partition coefficient (Wildman–Crippen LogP) is 3.48. The molecule has 1 aromatic carbocycles. The second-order valence-corrected chi connectivity index (χ2v) is 7.21. The third kappa shape index (κ3) is 3.66. The van der Waals surface area contributed by atoms with E-state index in [1.54, 1.807) is 30.6 Å². The summed E-state index contributed by atoms with van der Waals surface area (Å²) in [4.78, 5) is 23.7. The first kappa shape index (κ1) is 18.3. The Balaban J connectivity index is 1.58. The SMILES string of the molecule is Cc1cccc(C)c1C1CN(c2cccc(C(=O)c3cccnc3)n2)CCN1. The molecule has 5 nitrogen and oxygen atoms in total. The Morgan fingerprint density at radius 3 is 2.61 bits per heavy atom. The van der Waals surface area contributed by atoms with Gasteiger partial charge in [0.2, 0.25) is 5.78 Å². The highest BCUT2D eigenvalue weighted by molar-refractivity contribution is 6.07. The third-order valence-corrected chi connectivity index (χ3v) is 5.28. The molecule has 0 aliphatic carbocycles. The van der Waals surface area contributed by atoms with Gasteiger partial charge in [0.05, 0.1) is 6.04 Å². The quantitative estimate of drug-likeness (QED) is 0.711. The maximum atomic E-state index is 12.7. The number of nitrogens with one attached hydrogen (secondary N) is 1. The highest BCUT2D eigenvalue weighted by Gasteiger charge is 2.24. The number of rotatable bonds is 4. The van der Waals surface area contributed by atoms with Crippen LogP contribution in [-0.4, -0.2) is 35.4 Å². The molecule has 28 heavy (non-hydrogen) atoms. The lowest BCUT2D eigenvalue weighted by Crippen LogP contribution is -2.46. The molecule has 1 N–H and O–H groups in total. The molecule has 1 aliphatic rings. The van der Waals surface area contributed by atoms with Crippen LogP contribution in [0.3, 0.4) is 0 Å². The zero-order valence-electron chi connectivity index (χ0n) is 16.2. The standard InChI is InChI=1S/C23H24N4O/c1-16-6-3-7-17(2)22(16)20-15-27(13-12-25-20)21-10-4-9-19(26-21)23(28)18-8-5-11-24-14-18/h3-11,14,20,25H,12-13,15H2,1-2H3. The number of carbonyl (C=O) groups excluding carboxylic acids is 1. The summed E-state index contributed by atoms with van der Waals surface area (Å²) in [5.74, 6) is 0.740. The zero-order chi connectivity index (χ0) is 19.5. The van der Waals surface area contributed by atoms with E-state index in [0.29, 0.717) is 11.3 Å². The van der Waals surface area contributed by atoms with Gasteiger partial charge in [0.25, 0.3) is 0 Å². The molecule has 3 heterocycles. The summed E-state index contributed by atoms with van der Waals surface area (Å²) in [6, 6.07) is 15.9. The summed E-state index contributed by atoms with van der Waals surface area (Å²) < 4.78 is 0. The molecule has 5 heteroatoms. The summed E-state index contributed by atoms with van der Waals surface area (Å²) in [6.07, 6.45) is 3.24. The van der Waals surface area contributed by atoms with Gasteiger partial charge in [-0.1, -0.05) is 24.3 Å². The summed E-state index contributed by atoms with van der Waals surface area (Å²) >= 11 is 0. The van der Waals surface area contributed by atoms with E-state index in [9.17, 15) is 4.79 Å². The third-order valence-electron chi connectivity index (χ3n) is 5.28. The van der Waals surface area contributed by atoms with Crippen LogP contribution in [0.25, 0.3) is 0 Å². The molecule has 0 bridgehead atoms. The first-order chi connectivity index (χ1) is 13.6. The van der Waals surface area contributed by atoms with Gasteiger partial charge >= 0.3 is 0 Å². The van der Waals surface area contributed by atoms with Crippen molar-refractivity contribution in [3.05, 3.63) is 88.9 Å². The van der Waals surface area contributed by atoms with Crippen molar-refractivity contribution >= 4 is 11.6 Å². The van der Waals surface area contributed by atoms with Crippen LogP contribution in [-0.2, 0) is 0 Å². The number of anilines is 1. The van der Waals surface area contributed by atoms with Crippen LogP contribution in [0.5, 0.6) is 0 Å². The summed E-state index contributed by atoms with van der Waals surface area (Å²) in [7, 11) is 0. The van der Waals surface area contributed by atoms with E-state index in [2.05, 4.69) is 52.2 Å². The molecule has 1 atom stereocenters. The van der Waals surface area contributed by atoms with Gasteiger partial charge in [-0.3, -0.25) is 9.78 Å². The topological polar surface area (TPSA) is 58.1 Å². The molecule has 1 fully saturated rings.